The van der Waals surface area contributed by atoms with Crippen LogP contribution in [-0.4, -0.2) is 0 Å². The van der Waals surface area contributed by atoms with Crippen LogP contribution < -0.4 is 5.32 Å². The van der Waals surface area contributed by atoms with Crippen molar-refractivity contribution in [3.05, 3.63) is 64.2 Å². The molecule has 0 saturated carbocycles. The van der Waals surface area contributed by atoms with Crippen LogP contribution in [0.15, 0.2) is 36.4 Å². The molecule has 20 heavy (non-hydrogen) atoms. The summed E-state index contributed by atoms with van der Waals surface area (Å²) in [5, 5.41) is 11.9. The molecule has 0 aromatic heterocycles. The molecule has 1 atom stereocenters. The number of nitrogens with one attached hydrogen (secondary N) is 1. The second-order valence-electron chi connectivity index (χ2n) is 4.37. The zero-order valence-corrected chi connectivity index (χ0v) is 11.4. The number of hydrogen-bond donors (Lipinski definition) is 1. The highest BCUT2D eigenvalue weighted by Gasteiger charge is 2.17. The second-order valence-corrected chi connectivity index (χ2v) is 4.77. The molecule has 2 aromatic carbocycles. The van der Waals surface area contributed by atoms with Crippen LogP contribution in [0.4, 0.5) is 14.5 Å². The van der Waals surface area contributed by atoms with Crippen molar-refractivity contribution in [1.82, 2.24) is 0 Å². The minimum Gasteiger partial charge on any atom is -0.366 e. The molecule has 0 saturated heterocycles. The van der Waals surface area contributed by atoms with E-state index in [1.54, 1.807) is 19.1 Å². The van der Waals surface area contributed by atoms with Gasteiger partial charge in [-0.3, -0.25) is 0 Å². The van der Waals surface area contributed by atoms with E-state index >= 15 is 0 Å². The first kappa shape index (κ1) is 14.3. The molecule has 5 heteroatoms. The summed E-state index contributed by atoms with van der Waals surface area (Å²) in [6, 6.07) is 9.72. The van der Waals surface area contributed by atoms with E-state index in [0.29, 0.717) is 11.3 Å². The molecule has 0 spiro atoms. The predicted octanol–water partition coefficient (Wildman–Crippen LogP) is 4.60. The van der Waals surface area contributed by atoms with Crippen LogP contribution in [0.5, 0.6) is 0 Å². The Kier molecular flexibility index (Phi) is 4.21. The summed E-state index contributed by atoms with van der Waals surface area (Å²) in [5.74, 6) is -1.07. The van der Waals surface area contributed by atoms with Crippen LogP contribution in [0.25, 0.3) is 0 Å². The Morgan fingerprint density at radius 2 is 2.00 bits per heavy atom. The van der Waals surface area contributed by atoms with Gasteiger partial charge in [0.1, 0.15) is 17.7 Å². The Hall–Kier alpha value is -2.12. The highest BCUT2D eigenvalue weighted by atomic mass is 35.5. The van der Waals surface area contributed by atoms with Gasteiger partial charge in [0, 0.05) is 11.3 Å². The van der Waals surface area contributed by atoms with E-state index in [2.05, 4.69) is 5.32 Å². The lowest BCUT2D eigenvalue weighted by Crippen LogP contribution is -2.11. The standard InChI is InChI=1S/C15H11ClF2N2/c1-9-5-10(17)7-11(6-9)20-14(8-19)12-3-2-4-13(16)15(12)18/h2-7,14,20H,1H3. The summed E-state index contributed by atoms with van der Waals surface area (Å²) in [5.41, 5.74) is 1.24. The van der Waals surface area contributed by atoms with Crippen molar-refractivity contribution >= 4 is 17.3 Å². The minimum absolute atomic E-state index is 0.0556. The van der Waals surface area contributed by atoms with Crippen LogP contribution in [-0.2, 0) is 0 Å². The largest absolute Gasteiger partial charge is 0.366 e. The fourth-order valence-corrected chi connectivity index (χ4v) is 2.09. The third kappa shape index (κ3) is 3.06. The second kappa shape index (κ2) is 5.89. The van der Waals surface area contributed by atoms with E-state index < -0.39 is 17.7 Å². The maximum atomic E-state index is 13.9. The molecule has 1 unspecified atom stereocenters. The first-order valence-corrected chi connectivity index (χ1v) is 6.26. The summed E-state index contributed by atoms with van der Waals surface area (Å²) in [7, 11) is 0. The first-order chi connectivity index (χ1) is 9.51. The molecular formula is C15H11ClF2N2. The number of nitrogens with zero attached hydrogens (tertiary/aromatic N) is 1. The Bertz CT molecular complexity index is 660. The molecule has 0 amide bonds. The number of hydrogen-bond acceptors (Lipinski definition) is 2. The van der Waals surface area contributed by atoms with E-state index in [-0.39, 0.29) is 10.6 Å². The van der Waals surface area contributed by atoms with E-state index in [4.69, 9.17) is 11.6 Å². The van der Waals surface area contributed by atoms with Crippen LogP contribution in [0.1, 0.15) is 17.2 Å². The Morgan fingerprint density at radius 1 is 1.25 bits per heavy atom. The molecule has 0 aliphatic carbocycles. The van der Waals surface area contributed by atoms with Gasteiger partial charge in [0.25, 0.3) is 0 Å². The number of nitriles is 1. The average molecular weight is 293 g/mol. The quantitative estimate of drug-likeness (QED) is 0.897. The highest BCUT2D eigenvalue weighted by Crippen LogP contribution is 2.26. The molecule has 2 aromatic rings. The molecule has 2 rings (SSSR count). The highest BCUT2D eigenvalue weighted by molar-refractivity contribution is 6.30. The first-order valence-electron chi connectivity index (χ1n) is 5.88. The van der Waals surface area contributed by atoms with Crippen LogP contribution in [0, 0.1) is 29.9 Å². The van der Waals surface area contributed by atoms with E-state index in [9.17, 15) is 14.0 Å². The number of rotatable bonds is 3. The van der Waals surface area contributed by atoms with E-state index in [1.165, 1.54) is 24.3 Å². The van der Waals surface area contributed by atoms with Crippen LogP contribution >= 0.6 is 11.6 Å². The van der Waals surface area contributed by atoms with Crippen molar-refractivity contribution in [3.63, 3.8) is 0 Å². The molecular weight excluding hydrogens is 282 g/mol. The smallest absolute Gasteiger partial charge is 0.148 e. The average Bonchev–Trinajstić information content (AvgIpc) is 2.38. The Morgan fingerprint density at radius 3 is 2.65 bits per heavy atom. The van der Waals surface area contributed by atoms with Crippen LogP contribution in [0.3, 0.4) is 0 Å². The summed E-state index contributed by atoms with van der Waals surface area (Å²) < 4.78 is 27.2. The van der Waals surface area contributed by atoms with E-state index in [1.807, 2.05) is 6.07 Å². The van der Waals surface area contributed by atoms with Crippen molar-refractivity contribution in [2.24, 2.45) is 0 Å². The van der Waals surface area contributed by atoms with Crippen molar-refractivity contribution in [1.29, 1.82) is 5.26 Å². The summed E-state index contributed by atoms with van der Waals surface area (Å²) >= 11 is 5.70. The zero-order valence-electron chi connectivity index (χ0n) is 10.6. The fraction of sp³-hybridized carbons (Fsp3) is 0.133. The molecule has 0 fully saturated rings. The number of halogens is 3. The van der Waals surface area contributed by atoms with Gasteiger partial charge in [-0.25, -0.2) is 8.78 Å². The predicted molar refractivity (Wildman–Crippen MR) is 74.5 cm³/mol. The number of benzene rings is 2. The van der Waals surface area contributed by atoms with Gasteiger partial charge in [0.15, 0.2) is 0 Å². The number of anilines is 1. The molecule has 0 heterocycles. The van der Waals surface area contributed by atoms with Crippen molar-refractivity contribution < 1.29 is 8.78 Å². The van der Waals surface area contributed by atoms with Gasteiger partial charge in [-0.2, -0.15) is 5.26 Å². The van der Waals surface area contributed by atoms with Crippen molar-refractivity contribution in [2.75, 3.05) is 5.32 Å². The lowest BCUT2D eigenvalue weighted by molar-refractivity contribution is 0.607. The van der Waals surface area contributed by atoms with Crippen molar-refractivity contribution in [3.8, 4) is 6.07 Å². The fourth-order valence-electron chi connectivity index (χ4n) is 1.91. The third-order valence-electron chi connectivity index (χ3n) is 2.77. The molecule has 0 aliphatic rings. The van der Waals surface area contributed by atoms with Gasteiger partial charge >= 0.3 is 0 Å². The normalized spacial score (nSPS) is 11.8. The van der Waals surface area contributed by atoms with Gasteiger partial charge in [0.2, 0.25) is 0 Å². The maximum Gasteiger partial charge on any atom is 0.148 e. The molecule has 0 radical (unpaired) electrons. The third-order valence-corrected chi connectivity index (χ3v) is 3.07. The lowest BCUT2D eigenvalue weighted by Gasteiger charge is -2.15. The molecule has 102 valence electrons. The van der Waals surface area contributed by atoms with Gasteiger partial charge in [0.05, 0.1) is 11.1 Å². The Balaban J connectivity index is 2.34. The lowest BCUT2D eigenvalue weighted by atomic mass is 10.1. The van der Waals surface area contributed by atoms with E-state index in [0.717, 1.165) is 0 Å². The number of aryl methyl sites for hydroxylation is 1. The summed E-state index contributed by atoms with van der Waals surface area (Å²) in [6.45, 7) is 1.73. The molecule has 2 nitrogen and oxygen atoms in total. The van der Waals surface area contributed by atoms with Gasteiger partial charge in [-0.15, -0.1) is 0 Å². The Labute approximate surface area is 120 Å². The summed E-state index contributed by atoms with van der Waals surface area (Å²) in [6.07, 6.45) is 0. The zero-order chi connectivity index (χ0) is 14.7. The molecule has 0 bridgehead atoms. The SMILES string of the molecule is Cc1cc(F)cc(NC(C#N)c2cccc(Cl)c2F)c1. The van der Waals surface area contributed by atoms with Gasteiger partial charge in [-0.05, 0) is 36.8 Å². The topological polar surface area (TPSA) is 35.8 Å². The monoisotopic (exact) mass is 292 g/mol. The van der Waals surface area contributed by atoms with Crippen molar-refractivity contribution in [2.45, 2.75) is 13.0 Å². The molecule has 1 N–H and O–H groups in total. The maximum absolute atomic E-state index is 13.9. The molecule has 0 aliphatic heterocycles. The van der Waals surface area contributed by atoms with Gasteiger partial charge in [-0.1, -0.05) is 23.7 Å². The minimum atomic E-state index is -0.949. The summed E-state index contributed by atoms with van der Waals surface area (Å²) in [4.78, 5) is 0. The van der Waals surface area contributed by atoms with Crippen LogP contribution in [0.2, 0.25) is 5.02 Å². The van der Waals surface area contributed by atoms with Gasteiger partial charge < -0.3 is 5.32 Å².